The highest BCUT2D eigenvalue weighted by molar-refractivity contribution is 5.76. The van der Waals surface area contributed by atoms with Gasteiger partial charge < -0.3 is 34.5 Å². The van der Waals surface area contributed by atoms with Crippen LogP contribution in [0.15, 0.2) is 73.6 Å². The zero-order valence-electron chi connectivity index (χ0n) is 30.6. The molecule has 2 N–H and O–H groups in total. The molecule has 5 heterocycles. The number of nitrogens with one attached hydrogen (secondary N) is 2. The number of rotatable bonds is 13. The molecule has 7 rings (SSSR count). The molecule has 0 bridgehead atoms. The fourth-order valence-corrected chi connectivity index (χ4v) is 6.11. The molecule has 0 amide bonds. The van der Waals surface area contributed by atoms with Crippen LogP contribution < -0.4 is 9.80 Å². The van der Waals surface area contributed by atoms with Crippen LogP contribution in [-0.4, -0.2) is 142 Å². The lowest BCUT2D eigenvalue weighted by Crippen LogP contribution is -2.36. The van der Waals surface area contributed by atoms with E-state index in [0.29, 0.717) is 0 Å². The Bertz CT molecular complexity index is 1850. The topological polar surface area (TPSA) is 125 Å². The number of H-pyrrole nitrogens is 2. The number of anilines is 2. The Morgan fingerprint density at radius 1 is 0.588 bits per heavy atom. The number of benzene rings is 2. The summed E-state index contributed by atoms with van der Waals surface area (Å²) in [6.45, 7) is 8.75. The van der Waals surface area contributed by atoms with Gasteiger partial charge in [0.25, 0.3) is 0 Å². The van der Waals surface area contributed by atoms with E-state index in [1.54, 1.807) is 12.4 Å². The SMILES string of the molecule is CN(C)CCN(CCN(C)C)c1ccc(-c2nc3cncnc3[nH]2)cc1.CN(CCN1CCCCC1)c1ccc(-c2nc3cncnc3[nH]2)cc1. The molecule has 1 fully saturated rings. The highest BCUT2D eigenvalue weighted by Crippen LogP contribution is 2.24. The summed E-state index contributed by atoms with van der Waals surface area (Å²) in [5.74, 6) is 1.65. The van der Waals surface area contributed by atoms with Gasteiger partial charge in [0.05, 0.1) is 12.4 Å². The van der Waals surface area contributed by atoms with Crippen molar-refractivity contribution in [2.24, 2.45) is 0 Å². The number of hydrogen-bond donors (Lipinski definition) is 2. The van der Waals surface area contributed by atoms with Crippen LogP contribution in [-0.2, 0) is 0 Å². The van der Waals surface area contributed by atoms with E-state index in [4.69, 9.17) is 0 Å². The van der Waals surface area contributed by atoms with Crippen molar-refractivity contribution in [3.63, 3.8) is 0 Å². The molecular formula is C38H51N13. The lowest BCUT2D eigenvalue weighted by atomic mass is 10.1. The number of hydrogen-bond acceptors (Lipinski definition) is 11. The van der Waals surface area contributed by atoms with Crippen molar-refractivity contribution in [3.8, 4) is 22.8 Å². The molecule has 1 aliphatic rings. The normalized spacial score (nSPS) is 13.5. The Morgan fingerprint density at radius 2 is 1.08 bits per heavy atom. The summed E-state index contributed by atoms with van der Waals surface area (Å²) in [5.41, 5.74) is 7.68. The first-order valence-electron chi connectivity index (χ1n) is 17.8. The Balaban J connectivity index is 0.000000176. The van der Waals surface area contributed by atoms with Gasteiger partial charge in [0.2, 0.25) is 0 Å². The summed E-state index contributed by atoms with van der Waals surface area (Å²) in [4.78, 5) is 43.8. The van der Waals surface area contributed by atoms with Crippen molar-refractivity contribution in [2.75, 3.05) is 97.4 Å². The van der Waals surface area contributed by atoms with Crippen molar-refractivity contribution in [2.45, 2.75) is 19.3 Å². The van der Waals surface area contributed by atoms with Crippen LogP contribution in [0.3, 0.4) is 0 Å². The summed E-state index contributed by atoms with van der Waals surface area (Å²) in [6.07, 6.45) is 10.6. The van der Waals surface area contributed by atoms with Crippen LogP contribution in [0.4, 0.5) is 11.4 Å². The summed E-state index contributed by atoms with van der Waals surface area (Å²) in [6, 6.07) is 17.1. The van der Waals surface area contributed by atoms with Gasteiger partial charge in [0.1, 0.15) is 35.3 Å². The third kappa shape index (κ3) is 9.84. The van der Waals surface area contributed by atoms with Gasteiger partial charge in [0.15, 0.2) is 11.3 Å². The maximum Gasteiger partial charge on any atom is 0.161 e. The summed E-state index contributed by atoms with van der Waals surface area (Å²) < 4.78 is 0. The van der Waals surface area contributed by atoms with Crippen molar-refractivity contribution in [3.05, 3.63) is 73.6 Å². The predicted octanol–water partition coefficient (Wildman–Crippen LogP) is 4.89. The molecule has 4 aromatic heterocycles. The molecule has 51 heavy (non-hydrogen) atoms. The Kier molecular flexibility index (Phi) is 12.2. The van der Waals surface area contributed by atoms with Crippen LogP contribution in [0.1, 0.15) is 19.3 Å². The summed E-state index contributed by atoms with van der Waals surface area (Å²) >= 11 is 0. The fraction of sp³-hybridized carbons (Fsp3) is 0.421. The molecule has 6 aromatic rings. The Labute approximate surface area is 300 Å². The number of aromatic nitrogens is 8. The highest BCUT2D eigenvalue weighted by Gasteiger charge is 2.13. The fourth-order valence-electron chi connectivity index (χ4n) is 6.11. The van der Waals surface area contributed by atoms with Gasteiger partial charge in [-0.15, -0.1) is 0 Å². The number of piperidine rings is 1. The molecule has 1 aliphatic heterocycles. The second kappa shape index (κ2) is 17.3. The highest BCUT2D eigenvalue weighted by atomic mass is 15.2. The summed E-state index contributed by atoms with van der Waals surface area (Å²) in [7, 11) is 10.6. The largest absolute Gasteiger partial charge is 0.373 e. The monoisotopic (exact) mass is 689 g/mol. The zero-order chi connectivity index (χ0) is 35.6. The van der Waals surface area contributed by atoms with Crippen molar-refractivity contribution >= 4 is 33.7 Å². The minimum absolute atomic E-state index is 0.762. The average molecular weight is 690 g/mol. The van der Waals surface area contributed by atoms with E-state index in [1.165, 1.54) is 56.4 Å². The molecule has 2 aromatic carbocycles. The van der Waals surface area contributed by atoms with E-state index < -0.39 is 0 Å². The minimum atomic E-state index is 0.762. The molecule has 13 heteroatoms. The summed E-state index contributed by atoms with van der Waals surface area (Å²) in [5, 5.41) is 0. The Morgan fingerprint density at radius 3 is 1.55 bits per heavy atom. The molecule has 0 spiro atoms. The zero-order valence-corrected chi connectivity index (χ0v) is 30.6. The molecule has 268 valence electrons. The molecule has 13 nitrogen and oxygen atoms in total. The minimum Gasteiger partial charge on any atom is -0.373 e. The van der Waals surface area contributed by atoms with Gasteiger partial charge in [-0.3, -0.25) is 0 Å². The van der Waals surface area contributed by atoms with Crippen molar-refractivity contribution in [1.29, 1.82) is 0 Å². The van der Waals surface area contributed by atoms with Crippen LogP contribution in [0.25, 0.3) is 45.1 Å². The third-order valence-corrected chi connectivity index (χ3v) is 9.25. The number of imidazole rings is 2. The molecule has 0 radical (unpaired) electrons. The van der Waals surface area contributed by atoms with Gasteiger partial charge in [-0.25, -0.2) is 29.9 Å². The maximum absolute atomic E-state index is 4.57. The molecular weight excluding hydrogens is 639 g/mol. The van der Waals surface area contributed by atoms with Gasteiger partial charge in [-0.2, -0.15) is 0 Å². The molecule has 0 atom stereocenters. The van der Waals surface area contributed by atoms with Gasteiger partial charge in [0, 0.05) is 68.8 Å². The molecule has 0 aliphatic carbocycles. The number of likely N-dealkylation sites (N-methyl/N-ethyl adjacent to an activating group) is 3. The first-order valence-corrected chi connectivity index (χ1v) is 17.8. The number of fused-ring (bicyclic) bond motifs is 2. The van der Waals surface area contributed by atoms with E-state index in [0.717, 1.165) is 84.4 Å². The first kappa shape index (κ1) is 35.8. The van der Waals surface area contributed by atoms with E-state index in [9.17, 15) is 0 Å². The van der Waals surface area contributed by atoms with Crippen molar-refractivity contribution in [1.82, 2.24) is 54.6 Å². The van der Waals surface area contributed by atoms with Crippen LogP contribution in [0.5, 0.6) is 0 Å². The first-order chi connectivity index (χ1) is 24.8. The average Bonchev–Trinajstić information content (AvgIpc) is 3.80. The maximum atomic E-state index is 4.57. The second-order valence-electron chi connectivity index (χ2n) is 13.7. The van der Waals surface area contributed by atoms with Crippen molar-refractivity contribution < 1.29 is 0 Å². The van der Waals surface area contributed by atoms with E-state index in [1.807, 2.05) is 0 Å². The quantitative estimate of drug-likeness (QED) is 0.172. The van der Waals surface area contributed by atoms with E-state index >= 15 is 0 Å². The number of nitrogens with zero attached hydrogens (tertiary/aromatic N) is 11. The number of aromatic amines is 2. The molecule has 0 unspecified atom stereocenters. The predicted molar refractivity (Wildman–Crippen MR) is 207 cm³/mol. The smallest absolute Gasteiger partial charge is 0.161 e. The standard InChI is InChI=1S/C19H27N7.C19H24N6/c1-24(2)9-11-26(12-10-25(3)4)16-7-5-15(6-8-16)18-22-17-13-20-14-21-19(17)23-18;1-24(11-12-25-9-3-2-4-10-25)16-7-5-15(6-8-16)18-22-17-13-20-14-21-19(17)23-18/h5-8,13-14H,9-12H2,1-4H3,(H,20,21,22,23);5-8,13-14H,2-4,9-12H2,1H3,(H,20,21,22,23). The van der Waals surface area contributed by atoms with E-state index in [-0.39, 0.29) is 0 Å². The third-order valence-electron chi connectivity index (χ3n) is 9.25. The Hall–Kier alpha value is -4.98. The van der Waals surface area contributed by atoms with Gasteiger partial charge in [-0.05, 0) is 103 Å². The lowest BCUT2D eigenvalue weighted by molar-refractivity contribution is 0.234. The van der Waals surface area contributed by atoms with Crippen LogP contribution in [0.2, 0.25) is 0 Å². The van der Waals surface area contributed by atoms with Crippen LogP contribution in [0, 0.1) is 0 Å². The van der Waals surface area contributed by atoms with E-state index in [2.05, 4.69) is 148 Å². The van der Waals surface area contributed by atoms with Crippen LogP contribution >= 0.6 is 0 Å². The number of likely N-dealkylation sites (tertiary alicyclic amines) is 1. The van der Waals surface area contributed by atoms with Gasteiger partial charge in [-0.1, -0.05) is 6.42 Å². The molecule has 0 saturated carbocycles. The van der Waals surface area contributed by atoms with Gasteiger partial charge >= 0.3 is 0 Å². The lowest BCUT2D eigenvalue weighted by Gasteiger charge is -2.29. The second-order valence-corrected chi connectivity index (χ2v) is 13.7. The molecule has 1 saturated heterocycles.